The largest absolute Gasteiger partial charge is 0.480 e. The van der Waals surface area contributed by atoms with E-state index in [0.717, 1.165) is 0 Å². The highest BCUT2D eigenvalue weighted by molar-refractivity contribution is 7.92. The van der Waals surface area contributed by atoms with Gasteiger partial charge in [-0.25, -0.2) is 0 Å². The molecule has 0 bridgehead atoms. The number of halogens is 3. The molecule has 1 N–H and O–H groups in total. The maximum absolute atomic E-state index is 12.6. The Morgan fingerprint density at radius 3 is 2.40 bits per heavy atom. The summed E-state index contributed by atoms with van der Waals surface area (Å²) in [6, 6.07) is 4.59. The topological polar surface area (TPSA) is 98.5 Å². The number of hydrogen-bond acceptors (Lipinski definition) is 6. The van der Waals surface area contributed by atoms with Crippen LogP contribution in [-0.4, -0.2) is 35.1 Å². The lowest BCUT2D eigenvalue weighted by atomic mass is 10.3. The third-order valence-electron chi connectivity index (χ3n) is 3.17. The van der Waals surface area contributed by atoms with Crippen molar-refractivity contribution < 1.29 is 13.2 Å². The Hall–Kier alpha value is -1.81. The minimum absolute atomic E-state index is 0.0308. The van der Waals surface area contributed by atoms with E-state index in [4.69, 9.17) is 39.5 Å². The fourth-order valence-electron chi connectivity index (χ4n) is 2.02. The predicted molar refractivity (Wildman–Crippen MR) is 94.4 cm³/mol. The van der Waals surface area contributed by atoms with Gasteiger partial charge in [0, 0.05) is 0 Å². The molecule has 2 heterocycles. The van der Waals surface area contributed by atoms with E-state index in [1.165, 1.54) is 23.8 Å². The van der Waals surface area contributed by atoms with Crippen molar-refractivity contribution >= 4 is 56.2 Å². The minimum atomic E-state index is -4.16. The predicted octanol–water partition coefficient (Wildman–Crippen LogP) is 3.20. The molecular weight excluding hydrogens is 413 g/mol. The molecule has 25 heavy (non-hydrogen) atoms. The second-order valence-corrected chi connectivity index (χ2v) is 7.58. The monoisotopic (exact) mass is 421 g/mol. The number of aromatic nitrogens is 4. The lowest BCUT2D eigenvalue weighted by molar-refractivity contribution is 0.395. The second-order valence-electron chi connectivity index (χ2n) is 4.81. The lowest BCUT2D eigenvalue weighted by Gasteiger charge is -2.08. The van der Waals surface area contributed by atoms with Crippen molar-refractivity contribution in [3.05, 3.63) is 39.1 Å². The molecule has 2 aromatic heterocycles. The highest BCUT2D eigenvalue weighted by Crippen LogP contribution is 2.32. The number of nitrogens with zero attached hydrogens (tertiary/aromatic N) is 4. The van der Waals surface area contributed by atoms with Gasteiger partial charge in [0.05, 0.1) is 22.8 Å². The Morgan fingerprint density at radius 2 is 1.80 bits per heavy atom. The van der Waals surface area contributed by atoms with Crippen LogP contribution >= 0.6 is 34.8 Å². The van der Waals surface area contributed by atoms with Crippen molar-refractivity contribution in [2.75, 3.05) is 11.8 Å². The summed E-state index contributed by atoms with van der Waals surface area (Å²) in [5.41, 5.74) is 0.125. The van der Waals surface area contributed by atoms with Crippen molar-refractivity contribution in [2.24, 2.45) is 0 Å². The Kier molecular flexibility index (Phi) is 4.67. The van der Waals surface area contributed by atoms with Crippen LogP contribution in [0.2, 0.25) is 15.1 Å². The van der Waals surface area contributed by atoms with Gasteiger partial charge in [0.15, 0.2) is 5.65 Å². The number of nitrogens with one attached hydrogen (secondary N) is 1. The normalized spacial score (nSPS) is 11.7. The average molecular weight is 423 g/mol. The van der Waals surface area contributed by atoms with Crippen molar-refractivity contribution in [3.63, 3.8) is 0 Å². The van der Waals surface area contributed by atoms with E-state index < -0.39 is 15.2 Å². The zero-order valence-corrected chi connectivity index (χ0v) is 15.9. The van der Waals surface area contributed by atoms with Crippen LogP contribution in [0, 0.1) is 6.92 Å². The van der Waals surface area contributed by atoms with Crippen LogP contribution in [0.15, 0.2) is 23.4 Å². The van der Waals surface area contributed by atoms with E-state index in [9.17, 15) is 8.42 Å². The Morgan fingerprint density at radius 1 is 1.16 bits per heavy atom. The fraction of sp³-hybridized carbons (Fsp3) is 0.154. The van der Waals surface area contributed by atoms with Gasteiger partial charge in [-0.05, 0) is 19.1 Å². The number of methoxy groups -OCH3 is 1. The molecule has 0 aliphatic heterocycles. The minimum Gasteiger partial charge on any atom is -0.480 e. The zero-order chi connectivity index (χ0) is 18.4. The summed E-state index contributed by atoms with van der Waals surface area (Å²) in [6.07, 6.45) is 0. The highest BCUT2D eigenvalue weighted by Gasteiger charge is 2.25. The second kappa shape index (κ2) is 6.49. The number of anilines is 1. The lowest BCUT2D eigenvalue weighted by Crippen LogP contribution is -2.15. The van der Waals surface area contributed by atoms with E-state index in [1.54, 1.807) is 13.0 Å². The summed E-state index contributed by atoms with van der Waals surface area (Å²) in [5, 5.41) is 3.74. The molecule has 1 aromatic carbocycles. The molecule has 0 atom stereocenters. The molecule has 0 saturated carbocycles. The molecular formula is C13H10Cl3N5O3S. The van der Waals surface area contributed by atoms with Gasteiger partial charge in [0.1, 0.15) is 10.8 Å². The third-order valence-corrected chi connectivity index (χ3v) is 5.26. The van der Waals surface area contributed by atoms with Gasteiger partial charge in [-0.1, -0.05) is 40.9 Å². The number of ether oxygens (including phenoxy) is 1. The number of benzene rings is 1. The molecule has 12 heteroatoms. The molecule has 8 nitrogen and oxygen atoms in total. The summed E-state index contributed by atoms with van der Waals surface area (Å²) >= 11 is 18.1. The van der Waals surface area contributed by atoms with Crippen molar-refractivity contribution in [1.82, 2.24) is 19.6 Å². The first kappa shape index (κ1) is 18.0. The number of fused-ring (bicyclic) bond motifs is 1. The van der Waals surface area contributed by atoms with Crippen LogP contribution in [0.4, 0.5) is 5.69 Å². The maximum atomic E-state index is 12.6. The number of rotatable bonds is 4. The fourth-order valence-corrected chi connectivity index (χ4v) is 3.85. The zero-order valence-electron chi connectivity index (χ0n) is 12.8. The van der Waals surface area contributed by atoms with Crippen LogP contribution in [0.25, 0.3) is 5.65 Å². The number of sulfonamides is 1. The van der Waals surface area contributed by atoms with Crippen LogP contribution in [0.5, 0.6) is 5.88 Å². The van der Waals surface area contributed by atoms with E-state index >= 15 is 0 Å². The molecule has 0 unspecified atom stereocenters. The van der Waals surface area contributed by atoms with E-state index in [0.29, 0.717) is 5.82 Å². The highest BCUT2D eigenvalue weighted by atomic mass is 35.5. The summed E-state index contributed by atoms with van der Waals surface area (Å²) in [4.78, 5) is 8.05. The maximum Gasteiger partial charge on any atom is 0.299 e. The first-order valence-electron chi connectivity index (χ1n) is 6.68. The quantitative estimate of drug-likeness (QED) is 0.693. The van der Waals surface area contributed by atoms with Gasteiger partial charge in [-0.3, -0.25) is 4.72 Å². The first-order chi connectivity index (χ1) is 11.7. The summed E-state index contributed by atoms with van der Waals surface area (Å²) in [6.45, 7) is 1.61. The molecule has 0 saturated heterocycles. The smallest absolute Gasteiger partial charge is 0.299 e. The third kappa shape index (κ3) is 3.20. The van der Waals surface area contributed by atoms with Gasteiger partial charge >= 0.3 is 0 Å². The summed E-state index contributed by atoms with van der Waals surface area (Å²) < 4.78 is 33.7. The molecule has 0 fully saturated rings. The van der Waals surface area contributed by atoms with Crippen LogP contribution in [0.3, 0.4) is 0 Å². The SMILES string of the molecule is COc1nc(C)n2nc(S(=O)(=O)Nc3c(Cl)cccc3Cl)nc2c1Cl. The van der Waals surface area contributed by atoms with Gasteiger partial charge in [-0.15, -0.1) is 5.10 Å². The van der Waals surface area contributed by atoms with Crippen molar-refractivity contribution in [3.8, 4) is 5.88 Å². The van der Waals surface area contributed by atoms with Gasteiger partial charge in [-0.2, -0.15) is 22.9 Å². The standard InChI is InChI=1S/C13H10Cl3N5O3S/c1-6-17-12(24-2)9(16)11-18-13(19-21(6)11)25(22,23)20-10-7(14)4-3-5-8(10)15/h3-5,20H,1-2H3. The molecule has 0 radical (unpaired) electrons. The van der Waals surface area contributed by atoms with Crippen LogP contribution in [0.1, 0.15) is 5.82 Å². The first-order valence-corrected chi connectivity index (χ1v) is 9.30. The van der Waals surface area contributed by atoms with Crippen LogP contribution < -0.4 is 9.46 Å². The molecule has 3 rings (SSSR count). The van der Waals surface area contributed by atoms with Crippen molar-refractivity contribution in [2.45, 2.75) is 12.1 Å². The Bertz CT molecular complexity index is 1060. The van der Waals surface area contributed by atoms with Crippen LogP contribution in [-0.2, 0) is 10.0 Å². The Labute approximate surface area is 157 Å². The molecule has 3 aromatic rings. The van der Waals surface area contributed by atoms with Gasteiger partial charge in [0.25, 0.3) is 15.2 Å². The van der Waals surface area contributed by atoms with E-state index in [1.807, 2.05) is 0 Å². The van der Waals surface area contributed by atoms with Gasteiger partial charge < -0.3 is 4.74 Å². The van der Waals surface area contributed by atoms with Gasteiger partial charge in [0.2, 0.25) is 5.88 Å². The molecule has 132 valence electrons. The molecule has 0 aliphatic rings. The molecule has 0 amide bonds. The summed E-state index contributed by atoms with van der Waals surface area (Å²) in [5.74, 6) is 0.464. The number of para-hydroxylation sites is 1. The molecule has 0 spiro atoms. The number of aryl methyl sites for hydroxylation is 1. The average Bonchev–Trinajstić information content (AvgIpc) is 3.02. The molecule has 0 aliphatic carbocycles. The number of hydrogen-bond donors (Lipinski definition) is 1. The van der Waals surface area contributed by atoms with E-state index in [-0.39, 0.29) is 32.3 Å². The Balaban J connectivity index is 2.12. The summed E-state index contributed by atoms with van der Waals surface area (Å²) in [7, 11) is -2.77. The van der Waals surface area contributed by atoms with Crippen molar-refractivity contribution in [1.29, 1.82) is 0 Å². The van der Waals surface area contributed by atoms with E-state index in [2.05, 4.69) is 19.8 Å².